The molecule has 1 aliphatic rings. The van der Waals surface area contributed by atoms with Crippen LogP contribution in [0.5, 0.6) is 0 Å². The fourth-order valence-corrected chi connectivity index (χ4v) is 2.83. The van der Waals surface area contributed by atoms with E-state index in [-0.39, 0.29) is 24.0 Å². The van der Waals surface area contributed by atoms with Gasteiger partial charge in [0, 0.05) is 39.7 Å². The molecule has 2 heterocycles. The Morgan fingerprint density at radius 3 is 3.05 bits per heavy atom. The Balaban J connectivity index is 0.00000180. The van der Waals surface area contributed by atoms with Gasteiger partial charge in [0.25, 0.3) is 0 Å². The minimum Gasteiger partial charge on any atom is -0.381 e. The Morgan fingerprint density at radius 1 is 1.63 bits per heavy atom. The zero-order valence-corrected chi connectivity index (χ0v) is 14.6. The highest BCUT2D eigenvalue weighted by molar-refractivity contribution is 14.0. The van der Waals surface area contributed by atoms with E-state index in [9.17, 15) is 0 Å². The molecule has 0 bridgehead atoms. The van der Waals surface area contributed by atoms with Crippen LogP contribution >= 0.6 is 35.3 Å². The Hall–Kier alpha value is -0.340. The molecule has 0 aliphatic carbocycles. The van der Waals surface area contributed by atoms with E-state index in [0.29, 0.717) is 5.92 Å². The first-order valence-electron chi connectivity index (χ1n) is 6.30. The molecule has 1 aromatic rings. The molecule has 108 valence electrons. The monoisotopic (exact) mass is 395 g/mol. The maximum absolute atomic E-state index is 5.40. The molecule has 0 spiro atoms. The maximum atomic E-state index is 5.40. The van der Waals surface area contributed by atoms with Crippen molar-refractivity contribution in [3.05, 3.63) is 22.4 Å². The van der Waals surface area contributed by atoms with Gasteiger partial charge in [-0.2, -0.15) is 11.3 Å². The molecule has 6 heteroatoms. The van der Waals surface area contributed by atoms with Gasteiger partial charge >= 0.3 is 0 Å². The third kappa shape index (κ3) is 5.27. The van der Waals surface area contributed by atoms with E-state index < -0.39 is 0 Å². The average Bonchev–Trinajstić information content (AvgIpc) is 3.02. The molecule has 4 nitrogen and oxygen atoms in total. The quantitative estimate of drug-likeness (QED) is 0.483. The molecule has 19 heavy (non-hydrogen) atoms. The largest absolute Gasteiger partial charge is 0.381 e. The van der Waals surface area contributed by atoms with E-state index in [1.807, 2.05) is 7.05 Å². The third-order valence-electron chi connectivity index (χ3n) is 3.16. The predicted octanol–water partition coefficient (Wildman–Crippen LogP) is 2.41. The van der Waals surface area contributed by atoms with Gasteiger partial charge in [0.1, 0.15) is 0 Å². The van der Waals surface area contributed by atoms with Gasteiger partial charge in [-0.15, -0.1) is 24.0 Å². The highest BCUT2D eigenvalue weighted by Crippen LogP contribution is 2.13. The van der Waals surface area contributed by atoms with Crippen LogP contribution in [-0.4, -0.2) is 44.7 Å². The second kappa shape index (κ2) is 8.76. The number of hydrogen-bond donors (Lipinski definition) is 1. The highest BCUT2D eigenvalue weighted by Gasteiger charge is 2.18. The summed E-state index contributed by atoms with van der Waals surface area (Å²) < 4.78 is 5.40. The lowest BCUT2D eigenvalue weighted by atomic mass is 10.1. The summed E-state index contributed by atoms with van der Waals surface area (Å²) in [4.78, 5) is 6.51. The Labute approximate surface area is 136 Å². The van der Waals surface area contributed by atoms with Crippen molar-refractivity contribution >= 4 is 41.3 Å². The first-order valence-corrected chi connectivity index (χ1v) is 7.24. The van der Waals surface area contributed by atoms with Gasteiger partial charge in [-0.25, -0.2) is 0 Å². The first-order chi connectivity index (χ1) is 8.79. The second-order valence-corrected chi connectivity index (χ2v) is 5.42. The summed E-state index contributed by atoms with van der Waals surface area (Å²) in [5.74, 6) is 1.59. The summed E-state index contributed by atoms with van der Waals surface area (Å²) in [6, 6.07) is 2.13. The third-order valence-corrected chi connectivity index (χ3v) is 3.89. The topological polar surface area (TPSA) is 36.9 Å². The summed E-state index contributed by atoms with van der Waals surface area (Å²) in [6.07, 6.45) is 1.16. The molecule has 0 amide bonds. The molecule has 0 aromatic carbocycles. The molecular formula is C13H22IN3OS. The lowest BCUT2D eigenvalue weighted by Gasteiger charge is -2.24. The van der Waals surface area contributed by atoms with Crippen LogP contribution in [0.4, 0.5) is 0 Å². The minimum atomic E-state index is 0. The number of nitrogens with zero attached hydrogens (tertiary/aromatic N) is 2. The number of hydrogen-bond acceptors (Lipinski definition) is 3. The minimum absolute atomic E-state index is 0. The Morgan fingerprint density at radius 2 is 2.47 bits per heavy atom. The number of aliphatic imine (C=N–C) groups is 1. The molecule has 1 aliphatic heterocycles. The lowest BCUT2D eigenvalue weighted by Crippen LogP contribution is -2.41. The standard InChI is InChI=1S/C13H21N3OS.HI/c1-14-13(15-7-11-4-6-18-10-11)16(2)8-12-3-5-17-9-12;/h4,6,10,12H,3,5,7-9H2,1-2H3,(H,14,15);1H. The number of rotatable bonds is 4. The van der Waals surface area contributed by atoms with E-state index in [1.165, 1.54) is 5.56 Å². The van der Waals surface area contributed by atoms with E-state index in [1.54, 1.807) is 11.3 Å². The molecular weight excluding hydrogens is 373 g/mol. The normalized spacial score (nSPS) is 19.1. The zero-order chi connectivity index (χ0) is 12.8. The fourth-order valence-electron chi connectivity index (χ4n) is 2.16. The first kappa shape index (κ1) is 16.7. The molecule has 1 unspecified atom stereocenters. The zero-order valence-electron chi connectivity index (χ0n) is 11.5. The van der Waals surface area contributed by atoms with Crippen molar-refractivity contribution in [3.63, 3.8) is 0 Å². The molecule has 0 saturated carbocycles. The van der Waals surface area contributed by atoms with Crippen LogP contribution in [0.15, 0.2) is 21.8 Å². The Kier molecular flexibility index (Phi) is 7.70. The smallest absolute Gasteiger partial charge is 0.193 e. The number of ether oxygens (including phenoxy) is 1. The van der Waals surface area contributed by atoms with E-state index in [0.717, 1.165) is 38.7 Å². The average molecular weight is 395 g/mol. The molecule has 1 aromatic heterocycles. The van der Waals surface area contributed by atoms with Crippen LogP contribution < -0.4 is 5.32 Å². The fraction of sp³-hybridized carbons (Fsp3) is 0.615. The van der Waals surface area contributed by atoms with Crippen LogP contribution in [0.3, 0.4) is 0 Å². The molecule has 0 radical (unpaired) electrons. The van der Waals surface area contributed by atoms with Gasteiger partial charge in [-0.05, 0) is 28.8 Å². The van der Waals surface area contributed by atoms with Crippen LogP contribution in [0.25, 0.3) is 0 Å². The highest BCUT2D eigenvalue weighted by atomic mass is 127. The van der Waals surface area contributed by atoms with Gasteiger partial charge in [0.2, 0.25) is 0 Å². The summed E-state index contributed by atoms with van der Waals surface area (Å²) in [7, 11) is 3.92. The lowest BCUT2D eigenvalue weighted by molar-refractivity contribution is 0.181. The van der Waals surface area contributed by atoms with Gasteiger partial charge in [0.05, 0.1) is 6.61 Å². The van der Waals surface area contributed by atoms with Crippen molar-refractivity contribution in [2.45, 2.75) is 13.0 Å². The van der Waals surface area contributed by atoms with Crippen LogP contribution in [0, 0.1) is 5.92 Å². The van der Waals surface area contributed by atoms with Crippen molar-refractivity contribution in [2.24, 2.45) is 10.9 Å². The van der Waals surface area contributed by atoms with E-state index in [4.69, 9.17) is 4.74 Å². The molecule has 1 fully saturated rings. The molecule has 1 saturated heterocycles. The second-order valence-electron chi connectivity index (χ2n) is 4.64. The summed E-state index contributed by atoms with van der Waals surface area (Å²) in [6.45, 7) is 3.62. The number of halogens is 1. The summed E-state index contributed by atoms with van der Waals surface area (Å²) >= 11 is 1.72. The SMILES string of the molecule is CN=C(NCc1ccsc1)N(C)CC1CCOC1.I. The van der Waals surface area contributed by atoms with Crippen LogP contribution in [-0.2, 0) is 11.3 Å². The summed E-state index contributed by atoms with van der Waals surface area (Å²) in [5.41, 5.74) is 1.30. The van der Waals surface area contributed by atoms with Gasteiger partial charge in [-0.1, -0.05) is 0 Å². The maximum Gasteiger partial charge on any atom is 0.193 e. The number of guanidine groups is 1. The summed E-state index contributed by atoms with van der Waals surface area (Å²) in [5, 5.41) is 7.64. The van der Waals surface area contributed by atoms with Gasteiger partial charge < -0.3 is 15.0 Å². The molecule has 2 rings (SSSR count). The number of nitrogens with one attached hydrogen (secondary N) is 1. The van der Waals surface area contributed by atoms with Crippen molar-refractivity contribution in [1.82, 2.24) is 10.2 Å². The van der Waals surface area contributed by atoms with Gasteiger partial charge in [0.15, 0.2) is 5.96 Å². The molecule has 1 N–H and O–H groups in total. The number of thiophene rings is 1. The van der Waals surface area contributed by atoms with Crippen molar-refractivity contribution in [3.8, 4) is 0 Å². The van der Waals surface area contributed by atoms with Crippen molar-refractivity contribution in [2.75, 3.05) is 33.9 Å². The van der Waals surface area contributed by atoms with Crippen LogP contribution in [0.1, 0.15) is 12.0 Å². The van der Waals surface area contributed by atoms with E-state index >= 15 is 0 Å². The van der Waals surface area contributed by atoms with Gasteiger partial charge in [-0.3, -0.25) is 4.99 Å². The molecule has 1 atom stereocenters. The van der Waals surface area contributed by atoms with Crippen molar-refractivity contribution in [1.29, 1.82) is 0 Å². The Bertz CT molecular complexity index is 377. The van der Waals surface area contributed by atoms with E-state index in [2.05, 4.69) is 39.1 Å². The van der Waals surface area contributed by atoms with Crippen molar-refractivity contribution < 1.29 is 4.74 Å². The van der Waals surface area contributed by atoms with Crippen LogP contribution in [0.2, 0.25) is 0 Å². The predicted molar refractivity (Wildman–Crippen MR) is 91.5 cm³/mol.